The number of hydrogen-bond acceptors (Lipinski definition) is 3. The summed E-state index contributed by atoms with van der Waals surface area (Å²) < 4.78 is 4.96. The summed E-state index contributed by atoms with van der Waals surface area (Å²) in [6.07, 6.45) is 3.45. The van der Waals surface area contributed by atoms with E-state index in [1.807, 2.05) is 0 Å². The van der Waals surface area contributed by atoms with Gasteiger partial charge in [-0.3, -0.25) is 9.69 Å². The number of ether oxygens (including phenoxy) is 1. The predicted molar refractivity (Wildman–Crippen MR) is 47.2 cm³/mol. The van der Waals surface area contributed by atoms with Crippen molar-refractivity contribution >= 4 is 5.97 Å². The molecule has 3 nitrogen and oxygen atoms in total. The first kappa shape index (κ1) is 7.80. The maximum absolute atomic E-state index is 11.8. The van der Waals surface area contributed by atoms with Gasteiger partial charge < -0.3 is 4.74 Å². The second kappa shape index (κ2) is 2.27. The Kier molecular flexibility index (Phi) is 1.36. The van der Waals surface area contributed by atoms with Gasteiger partial charge in [-0.05, 0) is 37.6 Å². The summed E-state index contributed by atoms with van der Waals surface area (Å²) in [4.78, 5) is 14.1. The Hall–Kier alpha value is -0.570. The molecular formula is C10H15NO2. The molecule has 3 atom stereocenters. The number of esters is 1. The lowest BCUT2D eigenvalue weighted by Gasteiger charge is -2.31. The van der Waals surface area contributed by atoms with E-state index in [2.05, 4.69) is 4.90 Å². The lowest BCUT2D eigenvalue weighted by molar-refractivity contribution is -0.153. The Bertz CT molecular complexity index is 266. The van der Waals surface area contributed by atoms with Crippen molar-refractivity contribution in [3.8, 4) is 0 Å². The zero-order valence-electron chi connectivity index (χ0n) is 7.95. The van der Waals surface area contributed by atoms with Crippen LogP contribution >= 0.6 is 0 Å². The quantitative estimate of drug-likeness (QED) is 0.556. The molecule has 13 heavy (non-hydrogen) atoms. The molecule has 0 radical (unpaired) electrons. The van der Waals surface area contributed by atoms with Crippen LogP contribution < -0.4 is 0 Å². The SMILES string of the molecule is COC(=O)C12CCCN1CC1CC12. The minimum atomic E-state index is -0.181. The summed E-state index contributed by atoms with van der Waals surface area (Å²) in [7, 11) is 1.52. The Morgan fingerprint density at radius 1 is 1.62 bits per heavy atom. The fourth-order valence-electron chi connectivity index (χ4n) is 3.45. The van der Waals surface area contributed by atoms with Crippen LogP contribution in [0, 0.1) is 11.8 Å². The van der Waals surface area contributed by atoms with E-state index in [0.717, 1.165) is 25.4 Å². The molecule has 3 rings (SSSR count). The van der Waals surface area contributed by atoms with Crippen molar-refractivity contribution in [3.63, 3.8) is 0 Å². The van der Waals surface area contributed by atoms with Gasteiger partial charge in [0.05, 0.1) is 7.11 Å². The second-order valence-corrected chi connectivity index (χ2v) is 4.57. The molecule has 3 unspecified atom stereocenters. The van der Waals surface area contributed by atoms with Gasteiger partial charge in [-0.1, -0.05) is 0 Å². The maximum Gasteiger partial charge on any atom is 0.326 e. The molecule has 3 heteroatoms. The molecule has 2 saturated heterocycles. The van der Waals surface area contributed by atoms with E-state index in [1.54, 1.807) is 0 Å². The van der Waals surface area contributed by atoms with Gasteiger partial charge in [-0.2, -0.15) is 0 Å². The summed E-state index contributed by atoms with van der Waals surface area (Å²) in [5.74, 6) is 1.46. The standard InChI is InChI=1S/C10H15NO2/c1-13-9(12)10-3-2-4-11(10)6-7-5-8(7)10/h7-8H,2-6H2,1H3. The van der Waals surface area contributed by atoms with E-state index in [4.69, 9.17) is 4.74 Å². The lowest BCUT2D eigenvalue weighted by Crippen LogP contribution is -2.49. The summed E-state index contributed by atoms with van der Waals surface area (Å²) >= 11 is 0. The number of fused-ring (bicyclic) bond motifs is 3. The van der Waals surface area contributed by atoms with Crippen LogP contribution in [0.3, 0.4) is 0 Å². The molecule has 0 amide bonds. The molecule has 0 bridgehead atoms. The maximum atomic E-state index is 11.8. The first-order chi connectivity index (χ1) is 6.29. The summed E-state index contributed by atoms with van der Waals surface area (Å²) in [6.45, 7) is 2.24. The third-order valence-corrected chi connectivity index (χ3v) is 4.08. The van der Waals surface area contributed by atoms with E-state index < -0.39 is 0 Å². The van der Waals surface area contributed by atoms with Crippen LogP contribution in [0.1, 0.15) is 19.3 Å². The molecule has 0 spiro atoms. The highest BCUT2D eigenvalue weighted by Gasteiger charge is 2.67. The predicted octanol–water partition coefficient (Wildman–Crippen LogP) is 0.644. The molecule has 1 aliphatic carbocycles. The van der Waals surface area contributed by atoms with Crippen molar-refractivity contribution in [2.75, 3.05) is 20.2 Å². The smallest absolute Gasteiger partial charge is 0.326 e. The normalized spacial score (nSPS) is 47.2. The molecule has 0 aromatic heterocycles. The van der Waals surface area contributed by atoms with E-state index in [-0.39, 0.29) is 11.5 Å². The van der Waals surface area contributed by atoms with E-state index in [1.165, 1.54) is 20.0 Å². The number of rotatable bonds is 1. The average molecular weight is 181 g/mol. The minimum Gasteiger partial charge on any atom is -0.468 e. The summed E-state index contributed by atoms with van der Waals surface area (Å²) in [5, 5.41) is 0. The molecule has 72 valence electrons. The lowest BCUT2D eigenvalue weighted by atomic mass is 9.92. The van der Waals surface area contributed by atoms with Gasteiger partial charge in [-0.25, -0.2) is 0 Å². The molecule has 2 heterocycles. The Balaban J connectivity index is 1.96. The summed E-state index contributed by atoms with van der Waals surface area (Å²) in [5.41, 5.74) is -0.181. The molecule has 2 aliphatic heterocycles. The van der Waals surface area contributed by atoms with Gasteiger partial charge in [0.15, 0.2) is 0 Å². The topological polar surface area (TPSA) is 29.5 Å². The van der Waals surface area contributed by atoms with Gasteiger partial charge in [0.25, 0.3) is 0 Å². The van der Waals surface area contributed by atoms with Crippen molar-refractivity contribution in [2.24, 2.45) is 11.8 Å². The van der Waals surface area contributed by atoms with Gasteiger partial charge in [0.2, 0.25) is 0 Å². The number of carbonyl (C=O) groups is 1. The first-order valence-electron chi connectivity index (χ1n) is 5.12. The number of carbonyl (C=O) groups excluding carboxylic acids is 1. The molecule has 3 fully saturated rings. The summed E-state index contributed by atoms with van der Waals surface area (Å²) in [6, 6.07) is 0. The van der Waals surface area contributed by atoms with Gasteiger partial charge in [0, 0.05) is 6.54 Å². The van der Waals surface area contributed by atoms with Crippen LogP contribution in [-0.2, 0) is 9.53 Å². The molecule has 1 saturated carbocycles. The third-order valence-electron chi connectivity index (χ3n) is 4.08. The molecule has 0 aromatic carbocycles. The van der Waals surface area contributed by atoms with E-state index in [9.17, 15) is 4.79 Å². The highest BCUT2D eigenvalue weighted by molar-refractivity contribution is 5.83. The van der Waals surface area contributed by atoms with Gasteiger partial charge in [0.1, 0.15) is 5.54 Å². The number of nitrogens with zero attached hydrogens (tertiary/aromatic N) is 1. The number of hydrogen-bond donors (Lipinski definition) is 0. The van der Waals surface area contributed by atoms with Crippen molar-refractivity contribution in [3.05, 3.63) is 0 Å². The van der Waals surface area contributed by atoms with Crippen LogP contribution in [0.5, 0.6) is 0 Å². The molecule has 0 N–H and O–H groups in total. The molecule has 3 aliphatic rings. The zero-order valence-corrected chi connectivity index (χ0v) is 7.95. The van der Waals surface area contributed by atoms with Crippen LogP contribution in [-0.4, -0.2) is 36.6 Å². The van der Waals surface area contributed by atoms with Crippen molar-refractivity contribution < 1.29 is 9.53 Å². The average Bonchev–Trinajstić information content (AvgIpc) is 2.67. The Morgan fingerprint density at radius 3 is 3.23 bits per heavy atom. The van der Waals surface area contributed by atoms with Crippen LogP contribution in [0.15, 0.2) is 0 Å². The van der Waals surface area contributed by atoms with Crippen molar-refractivity contribution in [1.29, 1.82) is 0 Å². The monoisotopic (exact) mass is 181 g/mol. The number of piperidine rings is 1. The van der Waals surface area contributed by atoms with Gasteiger partial charge in [-0.15, -0.1) is 0 Å². The molecule has 0 aromatic rings. The van der Waals surface area contributed by atoms with Crippen LogP contribution in [0.2, 0.25) is 0 Å². The van der Waals surface area contributed by atoms with Gasteiger partial charge >= 0.3 is 5.97 Å². The van der Waals surface area contributed by atoms with Crippen molar-refractivity contribution in [1.82, 2.24) is 4.90 Å². The van der Waals surface area contributed by atoms with E-state index >= 15 is 0 Å². The largest absolute Gasteiger partial charge is 0.468 e. The fraction of sp³-hybridized carbons (Fsp3) is 0.900. The van der Waals surface area contributed by atoms with E-state index in [0.29, 0.717) is 5.92 Å². The Labute approximate surface area is 78.0 Å². The Morgan fingerprint density at radius 2 is 2.46 bits per heavy atom. The second-order valence-electron chi connectivity index (χ2n) is 4.57. The fourth-order valence-corrected chi connectivity index (χ4v) is 3.45. The van der Waals surface area contributed by atoms with Crippen molar-refractivity contribution in [2.45, 2.75) is 24.8 Å². The zero-order chi connectivity index (χ0) is 9.05. The van der Waals surface area contributed by atoms with Crippen LogP contribution in [0.25, 0.3) is 0 Å². The third kappa shape index (κ3) is 0.766. The van der Waals surface area contributed by atoms with Crippen LogP contribution in [0.4, 0.5) is 0 Å². The highest BCUT2D eigenvalue weighted by Crippen LogP contribution is 2.59. The highest BCUT2D eigenvalue weighted by atomic mass is 16.5. The minimum absolute atomic E-state index is 0.0231. The molecular weight excluding hydrogens is 166 g/mol. The first-order valence-corrected chi connectivity index (χ1v) is 5.12. The number of methoxy groups -OCH3 is 1.